The van der Waals surface area contributed by atoms with Gasteiger partial charge in [-0.15, -0.1) is 0 Å². The van der Waals surface area contributed by atoms with E-state index in [0.717, 1.165) is 36.8 Å². The zero-order valence-corrected chi connectivity index (χ0v) is 20.4. The number of likely N-dealkylation sites (N-methyl/N-ethyl adjacent to an activating group) is 1. The van der Waals surface area contributed by atoms with Gasteiger partial charge in [0, 0.05) is 13.1 Å². The van der Waals surface area contributed by atoms with Crippen LogP contribution in [0.1, 0.15) is 56.2 Å². The summed E-state index contributed by atoms with van der Waals surface area (Å²) in [6.07, 6.45) is 4.89. The maximum Gasteiger partial charge on any atom is 0.241 e. The quantitative estimate of drug-likeness (QED) is 0.602. The summed E-state index contributed by atoms with van der Waals surface area (Å²) in [5.41, 5.74) is 2.06. The fraction of sp³-hybridized carbons (Fsp3) is 0.462. The van der Waals surface area contributed by atoms with Gasteiger partial charge in [0.2, 0.25) is 15.9 Å². The second-order valence-corrected chi connectivity index (χ2v) is 11.0. The largest absolute Gasteiger partial charge is 0.341 e. The molecule has 3 rings (SSSR count). The van der Waals surface area contributed by atoms with E-state index in [1.165, 1.54) is 0 Å². The van der Waals surface area contributed by atoms with Gasteiger partial charge in [0.25, 0.3) is 0 Å². The number of hydrogen-bond acceptors (Lipinski definition) is 4. The van der Waals surface area contributed by atoms with Crippen molar-refractivity contribution >= 4 is 15.9 Å². The van der Waals surface area contributed by atoms with E-state index in [2.05, 4.69) is 10.8 Å². The fourth-order valence-corrected chi connectivity index (χ4v) is 5.91. The van der Waals surface area contributed by atoms with Gasteiger partial charge >= 0.3 is 0 Å². The van der Waals surface area contributed by atoms with Gasteiger partial charge in [0.05, 0.1) is 16.5 Å². The minimum atomic E-state index is -3.92. The van der Waals surface area contributed by atoms with Crippen molar-refractivity contribution in [1.29, 1.82) is 5.26 Å². The van der Waals surface area contributed by atoms with Gasteiger partial charge in [-0.3, -0.25) is 4.79 Å². The minimum absolute atomic E-state index is 0.138. The number of nitrogens with zero attached hydrogens (tertiary/aromatic N) is 2. The SMILES string of the molecule is CC(C)Cc1ccccc1S(=O)(=O)N[C@@H](Cc1ccc(C#N)cc1)C(=O)N(C)C1CCCC1. The van der Waals surface area contributed by atoms with E-state index >= 15 is 0 Å². The lowest BCUT2D eigenvalue weighted by Gasteiger charge is -2.29. The molecule has 1 saturated carbocycles. The maximum absolute atomic E-state index is 13.5. The maximum atomic E-state index is 13.5. The van der Waals surface area contributed by atoms with Crippen molar-refractivity contribution in [2.24, 2.45) is 5.92 Å². The Morgan fingerprint density at radius 2 is 1.73 bits per heavy atom. The summed E-state index contributed by atoms with van der Waals surface area (Å²) in [6, 6.07) is 15.2. The Morgan fingerprint density at radius 1 is 1.09 bits per heavy atom. The van der Waals surface area contributed by atoms with Crippen LogP contribution in [0.5, 0.6) is 0 Å². The van der Waals surface area contributed by atoms with Gasteiger partial charge in [-0.1, -0.05) is 57.0 Å². The van der Waals surface area contributed by atoms with Crippen LogP contribution in [0, 0.1) is 17.2 Å². The van der Waals surface area contributed by atoms with Crippen molar-refractivity contribution in [3.63, 3.8) is 0 Å². The molecule has 2 aromatic rings. The lowest BCUT2D eigenvalue weighted by molar-refractivity contribution is -0.133. The van der Waals surface area contributed by atoms with Gasteiger partial charge in [-0.05, 0) is 60.9 Å². The summed E-state index contributed by atoms with van der Waals surface area (Å²) in [4.78, 5) is 15.4. The normalized spacial score (nSPS) is 15.4. The Balaban J connectivity index is 1.91. The first-order valence-corrected chi connectivity index (χ1v) is 13.1. The highest BCUT2D eigenvalue weighted by Crippen LogP contribution is 2.24. The average Bonchev–Trinajstić information content (AvgIpc) is 3.33. The molecule has 0 spiro atoms. The Morgan fingerprint density at radius 3 is 2.33 bits per heavy atom. The van der Waals surface area contributed by atoms with Crippen LogP contribution in [0.3, 0.4) is 0 Å². The molecule has 0 bridgehead atoms. The molecular formula is C26H33N3O3S. The topological polar surface area (TPSA) is 90.3 Å². The van der Waals surface area contributed by atoms with Crippen LogP contribution in [0.25, 0.3) is 0 Å². The van der Waals surface area contributed by atoms with E-state index in [1.807, 2.05) is 26.0 Å². The number of sulfonamides is 1. The molecule has 1 aliphatic carbocycles. The number of amides is 1. The molecule has 0 aliphatic heterocycles. The van der Waals surface area contributed by atoms with Crippen molar-refractivity contribution in [2.45, 2.75) is 69.4 Å². The number of nitrogens with one attached hydrogen (secondary N) is 1. The van der Waals surface area contributed by atoms with Crippen LogP contribution in [-0.2, 0) is 27.7 Å². The molecule has 1 aliphatic rings. The van der Waals surface area contributed by atoms with E-state index in [1.54, 1.807) is 48.3 Å². The summed E-state index contributed by atoms with van der Waals surface area (Å²) >= 11 is 0. The van der Waals surface area contributed by atoms with Crippen LogP contribution < -0.4 is 4.72 Å². The standard InChI is InChI=1S/C26H33N3O3S/c1-19(2)16-22-8-4-7-11-25(22)33(31,32)28-24(17-20-12-14-21(18-27)15-13-20)26(30)29(3)23-9-5-6-10-23/h4,7-8,11-15,19,23-24,28H,5-6,9-10,16-17H2,1-3H3/t24-/m0/s1. The predicted octanol–water partition coefficient (Wildman–Crippen LogP) is 4.05. The third kappa shape index (κ3) is 6.43. The van der Waals surface area contributed by atoms with Crippen molar-refractivity contribution in [3.8, 4) is 6.07 Å². The zero-order valence-electron chi connectivity index (χ0n) is 19.6. The second kappa shape index (κ2) is 11.0. The van der Waals surface area contributed by atoms with Crippen LogP contribution >= 0.6 is 0 Å². The molecule has 0 saturated heterocycles. The molecule has 0 heterocycles. The lowest BCUT2D eigenvalue weighted by Crippen LogP contribution is -2.50. The fourth-order valence-electron chi connectivity index (χ4n) is 4.47. The number of benzene rings is 2. The highest BCUT2D eigenvalue weighted by atomic mass is 32.2. The number of rotatable bonds is 9. The Hall–Kier alpha value is -2.69. The Kier molecular flexibility index (Phi) is 8.28. The average molecular weight is 468 g/mol. The third-order valence-corrected chi connectivity index (χ3v) is 7.80. The second-order valence-electron chi connectivity index (χ2n) is 9.28. The summed E-state index contributed by atoms with van der Waals surface area (Å²) in [6.45, 7) is 4.09. The smallest absolute Gasteiger partial charge is 0.241 e. The monoisotopic (exact) mass is 467 g/mol. The highest BCUT2D eigenvalue weighted by molar-refractivity contribution is 7.89. The van der Waals surface area contributed by atoms with E-state index in [4.69, 9.17) is 5.26 Å². The molecule has 1 N–H and O–H groups in total. The molecular weight excluding hydrogens is 434 g/mol. The van der Waals surface area contributed by atoms with Gasteiger partial charge < -0.3 is 4.90 Å². The summed E-state index contributed by atoms with van der Waals surface area (Å²) < 4.78 is 29.6. The molecule has 2 aromatic carbocycles. The molecule has 1 atom stereocenters. The first-order valence-electron chi connectivity index (χ1n) is 11.6. The number of hydrogen-bond donors (Lipinski definition) is 1. The van der Waals surface area contributed by atoms with Gasteiger partial charge in [0.15, 0.2) is 0 Å². The number of carbonyl (C=O) groups excluding carboxylic acids is 1. The minimum Gasteiger partial charge on any atom is -0.341 e. The zero-order chi connectivity index (χ0) is 24.0. The van der Waals surface area contributed by atoms with Crippen LogP contribution in [0.4, 0.5) is 0 Å². The first kappa shape index (κ1) is 24.9. The van der Waals surface area contributed by atoms with Crippen molar-refractivity contribution in [1.82, 2.24) is 9.62 Å². The Bertz CT molecular complexity index is 1100. The van der Waals surface area contributed by atoms with E-state index in [0.29, 0.717) is 17.9 Å². The van der Waals surface area contributed by atoms with Crippen molar-refractivity contribution < 1.29 is 13.2 Å². The van der Waals surface area contributed by atoms with Crippen molar-refractivity contribution in [3.05, 3.63) is 65.2 Å². The van der Waals surface area contributed by atoms with Gasteiger partial charge in [0.1, 0.15) is 6.04 Å². The summed E-state index contributed by atoms with van der Waals surface area (Å²) in [5, 5.41) is 9.06. The van der Waals surface area contributed by atoms with Crippen LogP contribution in [0.2, 0.25) is 0 Å². The molecule has 33 heavy (non-hydrogen) atoms. The highest BCUT2D eigenvalue weighted by Gasteiger charge is 2.32. The first-order chi connectivity index (χ1) is 15.7. The third-order valence-electron chi connectivity index (χ3n) is 6.23. The van der Waals surface area contributed by atoms with Crippen LogP contribution in [0.15, 0.2) is 53.4 Å². The predicted molar refractivity (Wildman–Crippen MR) is 129 cm³/mol. The number of nitriles is 1. The molecule has 1 amide bonds. The molecule has 176 valence electrons. The molecule has 0 radical (unpaired) electrons. The van der Waals surface area contributed by atoms with E-state index in [9.17, 15) is 13.2 Å². The molecule has 6 nitrogen and oxygen atoms in total. The lowest BCUT2D eigenvalue weighted by atomic mass is 10.0. The van der Waals surface area contributed by atoms with E-state index < -0.39 is 16.1 Å². The van der Waals surface area contributed by atoms with Gasteiger partial charge in [-0.25, -0.2) is 8.42 Å². The molecule has 7 heteroatoms. The van der Waals surface area contributed by atoms with Gasteiger partial charge in [-0.2, -0.15) is 9.98 Å². The molecule has 0 unspecified atom stereocenters. The number of carbonyl (C=O) groups is 1. The summed E-state index contributed by atoms with van der Waals surface area (Å²) in [7, 11) is -2.15. The van der Waals surface area contributed by atoms with Crippen molar-refractivity contribution in [2.75, 3.05) is 7.05 Å². The molecule has 0 aromatic heterocycles. The Labute approximate surface area is 197 Å². The molecule has 1 fully saturated rings. The summed E-state index contributed by atoms with van der Waals surface area (Å²) in [5.74, 6) is 0.0714. The van der Waals surface area contributed by atoms with E-state index in [-0.39, 0.29) is 23.3 Å². The van der Waals surface area contributed by atoms with Crippen LogP contribution in [-0.4, -0.2) is 38.4 Å².